The summed E-state index contributed by atoms with van der Waals surface area (Å²) in [5, 5.41) is 8.17. The Balaban J connectivity index is 1.82. The Hall–Kier alpha value is -2.93. The number of fused-ring (bicyclic) bond motifs is 1. The molecule has 0 radical (unpaired) electrons. The second kappa shape index (κ2) is 10.4. The number of aromatic nitrogens is 1. The molecule has 2 N–H and O–H groups in total. The van der Waals surface area contributed by atoms with E-state index in [-0.39, 0.29) is 5.91 Å². The molecule has 0 fully saturated rings. The van der Waals surface area contributed by atoms with E-state index < -0.39 is 0 Å². The van der Waals surface area contributed by atoms with Gasteiger partial charge in [-0.05, 0) is 69.0 Å². The third-order valence-corrected chi connectivity index (χ3v) is 6.17. The van der Waals surface area contributed by atoms with Gasteiger partial charge in [-0.2, -0.15) is 5.10 Å². The predicted octanol–water partition coefficient (Wildman–Crippen LogP) is 6.54. The minimum Gasteiger partial charge on any atom is -0.494 e. The van der Waals surface area contributed by atoms with Gasteiger partial charge in [0.05, 0.1) is 16.8 Å². The van der Waals surface area contributed by atoms with Gasteiger partial charge in [0.1, 0.15) is 5.75 Å². The van der Waals surface area contributed by atoms with Crippen LogP contribution in [0.1, 0.15) is 61.5 Å². The topological polar surface area (TPSA) is 75.6 Å². The van der Waals surface area contributed by atoms with Crippen molar-refractivity contribution in [1.82, 2.24) is 4.98 Å². The van der Waals surface area contributed by atoms with Crippen LogP contribution in [-0.4, -0.2) is 23.2 Å². The van der Waals surface area contributed by atoms with Crippen molar-refractivity contribution in [3.63, 3.8) is 0 Å². The quantitative estimate of drug-likeness (QED) is 0.226. The molecule has 1 heterocycles. The zero-order valence-electron chi connectivity index (χ0n) is 18.8. The van der Waals surface area contributed by atoms with Crippen LogP contribution in [0.3, 0.4) is 0 Å². The third-order valence-electron chi connectivity index (χ3n) is 5.07. The minimum absolute atomic E-state index is 0.155. The van der Waals surface area contributed by atoms with Crippen molar-refractivity contribution in [3.05, 3.63) is 47.0 Å². The number of rotatable bonds is 9. The molecule has 3 aromatic rings. The number of carbonyl (C=O) groups is 1. The Morgan fingerprint density at radius 1 is 1.23 bits per heavy atom. The van der Waals surface area contributed by atoms with E-state index in [0.29, 0.717) is 17.9 Å². The summed E-state index contributed by atoms with van der Waals surface area (Å²) in [6.07, 6.45) is 2.95. The summed E-state index contributed by atoms with van der Waals surface area (Å²) in [5.41, 5.74) is 8.32. The zero-order chi connectivity index (χ0) is 22.4. The number of thiazole rings is 1. The van der Waals surface area contributed by atoms with E-state index in [1.54, 1.807) is 12.1 Å². The molecular weight excluding hydrogens is 408 g/mol. The van der Waals surface area contributed by atoms with E-state index in [4.69, 9.17) is 4.74 Å². The molecule has 0 spiro atoms. The van der Waals surface area contributed by atoms with Crippen LogP contribution in [0.25, 0.3) is 10.2 Å². The fraction of sp³-hybridized carbons (Fsp3) is 0.375. The van der Waals surface area contributed by atoms with Crippen molar-refractivity contribution >= 4 is 44.0 Å². The van der Waals surface area contributed by atoms with Gasteiger partial charge in [0, 0.05) is 17.0 Å². The number of hydrogen-bond acceptors (Lipinski definition) is 6. The Bertz CT molecular complexity index is 1100. The van der Waals surface area contributed by atoms with Gasteiger partial charge in [0.2, 0.25) is 5.13 Å². The number of nitrogens with zero attached hydrogens (tertiary/aromatic N) is 2. The number of amides is 1. The molecule has 31 heavy (non-hydrogen) atoms. The number of benzene rings is 2. The van der Waals surface area contributed by atoms with Crippen LogP contribution in [-0.2, 0) is 0 Å². The molecule has 0 saturated carbocycles. The van der Waals surface area contributed by atoms with Crippen molar-refractivity contribution in [2.75, 3.05) is 17.3 Å². The summed E-state index contributed by atoms with van der Waals surface area (Å²) in [6, 6.07) is 9.31. The molecule has 0 aliphatic rings. The molecule has 0 aliphatic heterocycles. The molecule has 0 aliphatic carbocycles. The summed E-state index contributed by atoms with van der Waals surface area (Å²) in [6.45, 7) is 10.8. The van der Waals surface area contributed by atoms with Crippen LogP contribution < -0.4 is 15.5 Å². The van der Waals surface area contributed by atoms with E-state index >= 15 is 0 Å². The van der Waals surface area contributed by atoms with Crippen molar-refractivity contribution in [2.45, 2.75) is 53.9 Å². The third kappa shape index (κ3) is 5.61. The molecule has 3 rings (SSSR count). The number of anilines is 2. The maximum atomic E-state index is 12.9. The largest absolute Gasteiger partial charge is 0.494 e. The molecule has 0 unspecified atom stereocenters. The molecule has 7 heteroatoms. The summed E-state index contributed by atoms with van der Waals surface area (Å²) >= 11 is 1.54. The van der Waals surface area contributed by atoms with E-state index in [1.807, 2.05) is 39.0 Å². The van der Waals surface area contributed by atoms with Crippen molar-refractivity contribution in [3.8, 4) is 5.75 Å². The van der Waals surface area contributed by atoms with Gasteiger partial charge in [-0.1, -0.05) is 37.7 Å². The summed E-state index contributed by atoms with van der Waals surface area (Å²) < 4.78 is 6.77. The van der Waals surface area contributed by atoms with Crippen molar-refractivity contribution < 1.29 is 9.53 Å². The Kier molecular flexibility index (Phi) is 7.63. The molecule has 1 amide bonds. The fourth-order valence-electron chi connectivity index (χ4n) is 3.09. The lowest BCUT2D eigenvalue weighted by Gasteiger charge is -2.13. The number of hydrogen-bond donors (Lipinski definition) is 2. The lowest BCUT2D eigenvalue weighted by molar-refractivity contribution is 0.102. The summed E-state index contributed by atoms with van der Waals surface area (Å²) in [7, 11) is 0. The van der Waals surface area contributed by atoms with Crippen molar-refractivity contribution in [2.24, 2.45) is 5.10 Å². The minimum atomic E-state index is -0.155. The molecule has 6 nitrogen and oxygen atoms in total. The Morgan fingerprint density at radius 2 is 2.03 bits per heavy atom. The smallest absolute Gasteiger partial charge is 0.255 e. The Morgan fingerprint density at radius 3 is 2.77 bits per heavy atom. The number of ether oxygens (including phenoxy) is 1. The first kappa shape index (κ1) is 22.7. The number of hydrazone groups is 1. The normalized spacial score (nSPS) is 11.6. The number of carbonyl (C=O) groups excluding carboxylic acids is 1. The molecule has 0 atom stereocenters. The standard InChI is InChI=1S/C24H30N4O2S/c1-6-8-12-30-19-11-9-10-18(14-19)23(29)26-21-15(3)13-20-22(17(21)5)31-24(25-20)28-27-16(4)7-2/h9-11,13-14H,6-8,12H2,1-5H3,(H,25,28)(H,26,29)/b27-16+. The summed E-state index contributed by atoms with van der Waals surface area (Å²) in [4.78, 5) is 17.6. The maximum absolute atomic E-state index is 12.9. The maximum Gasteiger partial charge on any atom is 0.255 e. The van der Waals surface area contributed by atoms with Gasteiger partial charge in [0.25, 0.3) is 5.91 Å². The van der Waals surface area contributed by atoms with Gasteiger partial charge >= 0.3 is 0 Å². The highest BCUT2D eigenvalue weighted by Crippen LogP contribution is 2.35. The number of aryl methyl sites for hydroxylation is 2. The highest BCUT2D eigenvalue weighted by Gasteiger charge is 2.16. The van der Waals surface area contributed by atoms with Crippen LogP contribution in [0.2, 0.25) is 0 Å². The van der Waals surface area contributed by atoms with Crippen molar-refractivity contribution in [1.29, 1.82) is 0 Å². The molecule has 0 bridgehead atoms. The molecular formula is C24H30N4O2S. The van der Waals surface area contributed by atoms with E-state index in [2.05, 4.69) is 34.7 Å². The van der Waals surface area contributed by atoms with E-state index in [1.165, 1.54) is 11.3 Å². The average Bonchev–Trinajstić information content (AvgIpc) is 3.18. The second-order valence-electron chi connectivity index (χ2n) is 7.56. The first-order chi connectivity index (χ1) is 14.9. The van der Waals surface area contributed by atoms with Gasteiger partial charge in [-0.3, -0.25) is 10.2 Å². The highest BCUT2D eigenvalue weighted by atomic mass is 32.1. The van der Waals surface area contributed by atoms with Crippen LogP contribution in [0, 0.1) is 13.8 Å². The van der Waals surface area contributed by atoms with Crippen LogP contribution in [0.4, 0.5) is 10.8 Å². The zero-order valence-corrected chi connectivity index (χ0v) is 19.7. The Labute approximate surface area is 187 Å². The summed E-state index contributed by atoms with van der Waals surface area (Å²) in [5.74, 6) is 0.559. The van der Waals surface area contributed by atoms with Gasteiger partial charge in [0.15, 0.2) is 0 Å². The van der Waals surface area contributed by atoms with Crippen LogP contribution in [0.5, 0.6) is 5.75 Å². The molecule has 164 valence electrons. The number of nitrogens with one attached hydrogen (secondary N) is 2. The SMILES string of the molecule is CCCCOc1cccc(C(=O)Nc2c(C)cc3nc(N/N=C(\C)CC)sc3c2C)c1. The monoisotopic (exact) mass is 438 g/mol. The van der Waals surface area contributed by atoms with Gasteiger partial charge in [-0.25, -0.2) is 4.98 Å². The lowest BCUT2D eigenvalue weighted by Crippen LogP contribution is -2.14. The average molecular weight is 439 g/mol. The first-order valence-corrected chi connectivity index (χ1v) is 11.5. The van der Waals surface area contributed by atoms with Crippen LogP contribution >= 0.6 is 11.3 Å². The van der Waals surface area contributed by atoms with Gasteiger partial charge in [-0.15, -0.1) is 0 Å². The lowest BCUT2D eigenvalue weighted by atomic mass is 10.1. The molecule has 1 aromatic heterocycles. The first-order valence-electron chi connectivity index (χ1n) is 10.7. The second-order valence-corrected chi connectivity index (χ2v) is 8.56. The fourth-order valence-corrected chi connectivity index (χ4v) is 3.99. The molecule has 2 aromatic carbocycles. The van der Waals surface area contributed by atoms with E-state index in [9.17, 15) is 4.79 Å². The molecule has 0 saturated heterocycles. The number of unbranched alkanes of at least 4 members (excludes halogenated alkanes) is 1. The predicted molar refractivity (Wildman–Crippen MR) is 131 cm³/mol. The van der Waals surface area contributed by atoms with E-state index in [0.717, 1.165) is 57.1 Å². The highest BCUT2D eigenvalue weighted by molar-refractivity contribution is 7.22. The van der Waals surface area contributed by atoms with Crippen LogP contribution in [0.15, 0.2) is 35.4 Å². The van der Waals surface area contributed by atoms with Gasteiger partial charge < -0.3 is 10.1 Å².